The summed E-state index contributed by atoms with van der Waals surface area (Å²) in [5, 5.41) is 7.64. The van der Waals surface area contributed by atoms with Crippen LogP contribution in [0.15, 0.2) is 54.7 Å². The lowest BCUT2D eigenvalue weighted by Gasteiger charge is -2.22. The van der Waals surface area contributed by atoms with Crippen LogP contribution < -0.4 is 15.5 Å². The Kier molecular flexibility index (Phi) is 6.60. The summed E-state index contributed by atoms with van der Waals surface area (Å²) in [4.78, 5) is 17.8. The molecule has 0 spiro atoms. The van der Waals surface area contributed by atoms with E-state index in [-0.39, 0.29) is 23.9 Å². The number of benzene rings is 2. The molecule has 0 saturated heterocycles. The molecule has 0 bridgehead atoms. The molecule has 5 nitrogen and oxygen atoms in total. The second-order valence-electron chi connectivity index (χ2n) is 8.12. The maximum absolute atomic E-state index is 12.3. The van der Waals surface area contributed by atoms with Crippen molar-refractivity contribution in [3.8, 4) is 0 Å². The highest BCUT2D eigenvalue weighted by molar-refractivity contribution is 5.84. The van der Waals surface area contributed by atoms with Crippen molar-refractivity contribution in [3.05, 3.63) is 65.9 Å². The largest absolute Gasteiger partial charge is 0.378 e. The first-order valence-corrected chi connectivity index (χ1v) is 10.2. The van der Waals surface area contributed by atoms with Crippen molar-refractivity contribution in [1.82, 2.24) is 15.6 Å². The Hall–Kier alpha value is -2.79. The number of carbonyl (C=O) groups is 1. The van der Waals surface area contributed by atoms with Gasteiger partial charge in [0.05, 0.1) is 6.04 Å². The Labute approximate surface area is 173 Å². The topological polar surface area (TPSA) is 60.2 Å². The molecule has 3 rings (SSSR count). The molecule has 0 saturated carbocycles. The van der Waals surface area contributed by atoms with Crippen LogP contribution in [0.25, 0.3) is 10.9 Å². The molecule has 1 aromatic heterocycles. The predicted molar refractivity (Wildman–Crippen MR) is 122 cm³/mol. The van der Waals surface area contributed by atoms with Crippen LogP contribution >= 0.6 is 0 Å². The molecular weight excluding hydrogens is 360 g/mol. The Bertz CT molecular complexity index is 943. The normalized spacial score (nSPS) is 13.4. The van der Waals surface area contributed by atoms with Gasteiger partial charge >= 0.3 is 0 Å². The van der Waals surface area contributed by atoms with Gasteiger partial charge in [0, 0.05) is 55.4 Å². The van der Waals surface area contributed by atoms with Crippen LogP contribution in [0.3, 0.4) is 0 Å². The van der Waals surface area contributed by atoms with Crippen molar-refractivity contribution in [2.24, 2.45) is 0 Å². The van der Waals surface area contributed by atoms with E-state index in [1.165, 1.54) is 22.2 Å². The summed E-state index contributed by atoms with van der Waals surface area (Å²) in [5.41, 5.74) is 4.76. The number of aromatic nitrogens is 1. The lowest BCUT2D eigenvalue weighted by atomic mass is 9.90. The summed E-state index contributed by atoms with van der Waals surface area (Å²) in [6.45, 7) is 6.55. The Morgan fingerprint density at radius 3 is 2.38 bits per heavy atom. The molecule has 5 heteroatoms. The first-order valence-electron chi connectivity index (χ1n) is 10.2. The quantitative estimate of drug-likeness (QED) is 0.545. The maximum atomic E-state index is 12.3. The van der Waals surface area contributed by atoms with Crippen molar-refractivity contribution < 1.29 is 4.79 Å². The minimum absolute atomic E-state index is 0.0284. The van der Waals surface area contributed by atoms with Crippen molar-refractivity contribution in [3.63, 3.8) is 0 Å². The standard InChI is InChI=1S/C24H32N4O/c1-16(2)27-24(29)17(3)25-14-21(18-10-12-19(13-11-18)28(4)5)22-15-26-23-9-7-6-8-20(22)23/h6-13,15-17,21,25-26H,14H2,1-5H3,(H,27,29)/t17-,21+/m1/s1. The fourth-order valence-corrected chi connectivity index (χ4v) is 3.59. The summed E-state index contributed by atoms with van der Waals surface area (Å²) in [6, 6.07) is 16.9. The monoisotopic (exact) mass is 392 g/mol. The van der Waals surface area contributed by atoms with E-state index < -0.39 is 0 Å². The lowest BCUT2D eigenvalue weighted by molar-refractivity contribution is -0.123. The zero-order valence-corrected chi connectivity index (χ0v) is 18.0. The van der Waals surface area contributed by atoms with Crippen LogP contribution in [0.1, 0.15) is 37.8 Å². The van der Waals surface area contributed by atoms with E-state index in [1.54, 1.807) is 0 Å². The van der Waals surface area contributed by atoms with Crippen LogP contribution in [0.2, 0.25) is 0 Å². The number of carbonyl (C=O) groups excluding carboxylic acids is 1. The van der Waals surface area contributed by atoms with Gasteiger partial charge in [0.25, 0.3) is 0 Å². The number of rotatable bonds is 8. The number of para-hydroxylation sites is 1. The Morgan fingerprint density at radius 1 is 1.03 bits per heavy atom. The first kappa shape index (κ1) is 20.9. The van der Waals surface area contributed by atoms with E-state index in [1.807, 2.05) is 40.9 Å². The zero-order valence-electron chi connectivity index (χ0n) is 18.0. The van der Waals surface area contributed by atoms with Crippen molar-refractivity contribution in [2.75, 3.05) is 25.5 Å². The molecule has 154 valence electrons. The minimum atomic E-state index is -0.258. The summed E-state index contributed by atoms with van der Waals surface area (Å²) in [6.07, 6.45) is 2.09. The van der Waals surface area contributed by atoms with Crippen LogP contribution in [-0.2, 0) is 4.79 Å². The SMILES string of the molecule is CC(C)NC(=O)[C@@H](C)NC[C@@H](c1ccc(N(C)C)cc1)c1c[nH]c2ccccc12. The molecule has 2 atom stereocenters. The van der Waals surface area contributed by atoms with Crippen molar-refractivity contribution >= 4 is 22.5 Å². The van der Waals surface area contributed by atoms with Crippen LogP contribution in [0.4, 0.5) is 5.69 Å². The Morgan fingerprint density at radius 2 is 1.72 bits per heavy atom. The van der Waals surface area contributed by atoms with Gasteiger partial charge in [0.1, 0.15) is 0 Å². The van der Waals surface area contributed by atoms with Crippen LogP contribution in [0.5, 0.6) is 0 Å². The summed E-state index contributed by atoms with van der Waals surface area (Å²) >= 11 is 0. The second kappa shape index (κ2) is 9.14. The lowest BCUT2D eigenvalue weighted by Crippen LogP contribution is -2.45. The smallest absolute Gasteiger partial charge is 0.237 e. The van der Waals surface area contributed by atoms with E-state index >= 15 is 0 Å². The van der Waals surface area contributed by atoms with E-state index in [4.69, 9.17) is 0 Å². The fourth-order valence-electron chi connectivity index (χ4n) is 3.59. The molecule has 29 heavy (non-hydrogen) atoms. The highest BCUT2D eigenvalue weighted by atomic mass is 16.2. The van der Waals surface area contributed by atoms with Crippen molar-refractivity contribution in [2.45, 2.75) is 38.8 Å². The first-order chi connectivity index (χ1) is 13.9. The summed E-state index contributed by atoms with van der Waals surface area (Å²) in [7, 11) is 4.09. The van der Waals surface area contributed by atoms with Gasteiger partial charge in [-0.15, -0.1) is 0 Å². The Balaban J connectivity index is 1.88. The van der Waals surface area contributed by atoms with Crippen LogP contribution in [-0.4, -0.2) is 43.6 Å². The molecule has 0 fully saturated rings. The van der Waals surface area contributed by atoms with Gasteiger partial charge in [-0.2, -0.15) is 0 Å². The van der Waals surface area contributed by atoms with Gasteiger partial charge in [-0.25, -0.2) is 0 Å². The fraction of sp³-hybridized carbons (Fsp3) is 0.375. The molecule has 0 aliphatic carbocycles. The molecule has 0 aliphatic heterocycles. The second-order valence-corrected chi connectivity index (χ2v) is 8.12. The average Bonchev–Trinajstić information content (AvgIpc) is 3.12. The zero-order chi connectivity index (χ0) is 21.0. The molecule has 3 aromatic rings. The van der Waals surface area contributed by atoms with Crippen LogP contribution in [0, 0.1) is 0 Å². The predicted octanol–water partition coefficient (Wildman–Crippen LogP) is 3.87. The average molecular weight is 393 g/mol. The third-order valence-electron chi connectivity index (χ3n) is 5.26. The molecule has 1 amide bonds. The number of aromatic amines is 1. The van der Waals surface area contributed by atoms with Gasteiger partial charge < -0.3 is 20.5 Å². The third-order valence-corrected chi connectivity index (χ3v) is 5.26. The molecule has 0 aliphatic rings. The number of nitrogens with one attached hydrogen (secondary N) is 3. The van der Waals surface area contributed by atoms with E-state index in [9.17, 15) is 4.79 Å². The number of anilines is 1. The molecule has 2 aromatic carbocycles. The van der Waals surface area contributed by atoms with Gasteiger partial charge in [0.2, 0.25) is 5.91 Å². The van der Waals surface area contributed by atoms with Gasteiger partial charge in [-0.3, -0.25) is 4.79 Å². The van der Waals surface area contributed by atoms with Crippen molar-refractivity contribution in [1.29, 1.82) is 0 Å². The van der Waals surface area contributed by atoms with E-state index in [0.717, 1.165) is 5.52 Å². The molecule has 3 N–H and O–H groups in total. The van der Waals surface area contributed by atoms with Gasteiger partial charge in [-0.05, 0) is 50.1 Å². The molecule has 1 heterocycles. The number of amides is 1. The molecule has 0 unspecified atom stereocenters. The number of hydrogen-bond acceptors (Lipinski definition) is 3. The minimum Gasteiger partial charge on any atom is -0.378 e. The number of hydrogen-bond donors (Lipinski definition) is 3. The highest BCUT2D eigenvalue weighted by Crippen LogP contribution is 2.31. The summed E-state index contributed by atoms with van der Waals surface area (Å²) in [5.74, 6) is 0.164. The molecular formula is C24H32N4O. The van der Waals surface area contributed by atoms with E-state index in [2.05, 4.69) is 69.2 Å². The highest BCUT2D eigenvalue weighted by Gasteiger charge is 2.21. The van der Waals surface area contributed by atoms with Gasteiger partial charge in [0.15, 0.2) is 0 Å². The molecule has 0 radical (unpaired) electrons. The summed E-state index contributed by atoms with van der Waals surface area (Å²) < 4.78 is 0. The van der Waals surface area contributed by atoms with E-state index in [0.29, 0.717) is 6.54 Å². The maximum Gasteiger partial charge on any atom is 0.237 e. The third kappa shape index (κ3) is 4.98. The number of H-pyrrole nitrogens is 1. The van der Waals surface area contributed by atoms with Gasteiger partial charge in [-0.1, -0.05) is 30.3 Å². The number of nitrogens with zero attached hydrogens (tertiary/aromatic N) is 1. The number of fused-ring (bicyclic) bond motifs is 1.